The van der Waals surface area contributed by atoms with Crippen LogP contribution in [0.1, 0.15) is 30.9 Å². The van der Waals surface area contributed by atoms with Crippen LogP contribution in [0.2, 0.25) is 0 Å². The molecule has 0 unspecified atom stereocenters. The van der Waals surface area contributed by atoms with Crippen LogP contribution >= 0.6 is 0 Å². The molecular weight excluding hydrogens is 448 g/mol. The third-order valence-electron chi connectivity index (χ3n) is 6.79. The highest BCUT2D eigenvalue weighted by atomic mass is 16.5. The van der Waals surface area contributed by atoms with Crippen molar-refractivity contribution in [3.63, 3.8) is 0 Å². The number of carboxylic acid groups (broad SMARTS) is 1. The van der Waals surface area contributed by atoms with Crippen molar-refractivity contribution in [1.29, 1.82) is 0 Å². The number of likely N-dealkylation sites (tertiary alicyclic amines) is 1. The van der Waals surface area contributed by atoms with Crippen LogP contribution in [0, 0.1) is 5.92 Å². The van der Waals surface area contributed by atoms with Crippen LogP contribution in [0.15, 0.2) is 60.9 Å². The lowest BCUT2D eigenvalue weighted by atomic mass is 9.95. The molecule has 2 aromatic carbocycles. The molecule has 0 saturated carbocycles. The Balaban J connectivity index is 1.21. The second-order valence-electron chi connectivity index (χ2n) is 9.43. The van der Waals surface area contributed by atoms with Gasteiger partial charge in [-0.25, -0.2) is 4.79 Å². The van der Waals surface area contributed by atoms with Gasteiger partial charge in [-0.2, -0.15) is 5.10 Å². The van der Waals surface area contributed by atoms with E-state index < -0.39 is 23.5 Å². The Morgan fingerprint density at radius 2 is 1.66 bits per heavy atom. The van der Waals surface area contributed by atoms with Gasteiger partial charge in [0, 0.05) is 25.2 Å². The van der Waals surface area contributed by atoms with Crippen molar-refractivity contribution in [1.82, 2.24) is 14.7 Å². The summed E-state index contributed by atoms with van der Waals surface area (Å²) in [6.45, 7) is 3.96. The Bertz CT molecular complexity index is 1260. The number of aromatic nitrogens is 2. The normalized spacial score (nSPS) is 15.2. The minimum Gasteiger partial charge on any atom is -0.481 e. The first kappa shape index (κ1) is 22.6. The summed E-state index contributed by atoms with van der Waals surface area (Å²) in [4.78, 5) is 37.9. The van der Waals surface area contributed by atoms with E-state index >= 15 is 0 Å². The summed E-state index contributed by atoms with van der Waals surface area (Å²) in [5.74, 6) is -1.71. The first-order valence-corrected chi connectivity index (χ1v) is 11.4. The molecule has 9 nitrogen and oxygen atoms in total. The number of amides is 2. The van der Waals surface area contributed by atoms with Gasteiger partial charge in [0.15, 0.2) is 0 Å². The van der Waals surface area contributed by atoms with Gasteiger partial charge < -0.3 is 14.7 Å². The lowest BCUT2D eigenvalue weighted by Crippen LogP contribution is -2.58. The number of nitrogens with zero attached hydrogens (tertiary/aromatic N) is 3. The third kappa shape index (κ3) is 4.03. The second-order valence-corrected chi connectivity index (χ2v) is 9.43. The molecule has 0 atom stereocenters. The third-order valence-corrected chi connectivity index (χ3v) is 6.79. The SMILES string of the molecule is CC(C)(C(=O)N1CC(C(=O)O)C1)n1cc(NC(=O)OCC2c3ccccc3-c3ccccc32)cn1. The number of carboxylic acids is 1. The molecule has 0 radical (unpaired) electrons. The number of carbonyl (C=O) groups is 3. The average molecular weight is 475 g/mol. The smallest absolute Gasteiger partial charge is 0.411 e. The Kier molecular flexibility index (Phi) is 5.55. The van der Waals surface area contributed by atoms with Gasteiger partial charge in [-0.15, -0.1) is 0 Å². The highest BCUT2D eigenvalue weighted by Crippen LogP contribution is 2.44. The summed E-state index contributed by atoms with van der Waals surface area (Å²) in [5, 5.41) is 16.0. The lowest BCUT2D eigenvalue weighted by molar-refractivity contribution is -0.156. The molecule has 2 aliphatic rings. The van der Waals surface area contributed by atoms with E-state index in [9.17, 15) is 14.4 Å². The maximum absolute atomic E-state index is 12.9. The van der Waals surface area contributed by atoms with Gasteiger partial charge in [0.1, 0.15) is 12.1 Å². The molecule has 0 bridgehead atoms. The van der Waals surface area contributed by atoms with Gasteiger partial charge in [0.2, 0.25) is 5.91 Å². The number of hydrogen-bond acceptors (Lipinski definition) is 5. The molecule has 5 rings (SSSR count). The van der Waals surface area contributed by atoms with E-state index in [4.69, 9.17) is 9.84 Å². The molecule has 1 saturated heterocycles. The van der Waals surface area contributed by atoms with E-state index in [-0.39, 0.29) is 31.5 Å². The number of hydrogen-bond donors (Lipinski definition) is 2. The topological polar surface area (TPSA) is 114 Å². The van der Waals surface area contributed by atoms with E-state index in [0.717, 1.165) is 22.3 Å². The van der Waals surface area contributed by atoms with Gasteiger partial charge in [0.05, 0.1) is 17.8 Å². The highest BCUT2D eigenvalue weighted by molar-refractivity contribution is 5.87. The van der Waals surface area contributed by atoms with Crippen molar-refractivity contribution < 1.29 is 24.2 Å². The zero-order valence-corrected chi connectivity index (χ0v) is 19.5. The van der Waals surface area contributed by atoms with Gasteiger partial charge in [-0.3, -0.25) is 19.6 Å². The quantitative estimate of drug-likeness (QED) is 0.565. The van der Waals surface area contributed by atoms with Crippen molar-refractivity contribution in [2.75, 3.05) is 25.0 Å². The van der Waals surface area contributed by atoms with E-state index in [1.807, 2.05) is 24.3 Å². The van der Waals surface area contributed by atoms with Crippen LogP contribution in [0.5, 0.6) is 0 Å². The fourth-order valence-electron chi connectivity index (χ4n) is 4.73. The number of anilines is 1. The van der Waals surface area contributed by atoms with E-state index in [0.29, 0.717) is 5.69 Å². The molecule has 1 fully saturated rings. The summed E-state index contributed by atoms with van der Waals surface area (Å²) in [6, 6.07) is 16.2. The predicted octanol–water partition coefficient (Wildman–Crippen LogP) is 3.52. The minimum atomic E-state index is -1.04. The zero-order valence-electron chi connectivity index (χ0n) is 19.5. The molecule has 2 heterocycles. The van der Waals surface area contributed by atoms with Gasteiger partial charge in [-0.05, 0) is 36.1 Å². The lowest BCUT2D eigenvalue weighted by Gasteiger charge is -2.41. The Hall–Kier alpha value is -4.14. The number of nitrogens with one attached hydrogen (secondary N) is 1. The molecule has 9 heteroatoms. The first-order chi connectivity index (χ1) is 16.8. The zero-order chi connectivity index (χ0) is 24.7. The molecule has 2 N–H and O–H groups in total. The Labute approximate surface area is 202 Å². The summed E-state index contributed by atoms with van der Waals surface area (Å²) >= 11 is 0. The molecule has 180 valence electrons. The number of benzene rings is 2. The van der Waals surface area contributed by atoms with Crippen molar-refractivity contribution in [3.05, 3.63) is 72.1 Å². The summed E-state index contributed by atoms with van der Waals surface area (Å²) in [7, 11) is 0. The van der Waals surface area contributed by atoms with Crippen LogP contribution in [-0.2, 0) is 19.9 Å². The van der Waals surface area contributed by atoms with Crippen molar-refractivity contribution in [2.24, 2.45) is 5.92 Å². The van der Waals surface area contributed by atoms with Gasteiger partial charge in [0.25, 0.3) is 0 Å². The van der Waals surface area contributed by atoms with Crippen molar-refractivity contribution in [3.8, 4) is 11.1 Å². The maximum Gasteiger partial charge on any atom is 0.411 e. The molecule has 0 spiro atoms. The monoisotopic (exact) mass is 474 g/mol. The molecule has 1 aliphatic carbocycles. The van der Waals surface area contributed by atoms with Crippen molar-refractivity contribution in [2.45, 2.75) is 25.3 Å². The first-order valence-electron chi connectivity index (χ1n) is 11.4. The largest absolute Gasteiger partial charge is 0.481 e. The Morgan fingerprint density at radius 3 is 2.26 bits per heavy atom. The van der Waals surface area contributed by atoms with E-state index in [2.05, 4.69) is 34.7 Å². The number of ether oxygens (including phenoxy) is 1. The molecular formula is C26H26N4O5. The summed E-state index contributed by atoms with van der Waals surface area (Å²) in [5.41, 5.74) is 3.93. The average Bonchev–Trinajstić information content (AvgIpc) is 3.39. The minimum absolute atomic E-state index is 0.0430. The van der Waals surface area contributed by atoms with Crippen LogP contribution in [0.3, 0.4) is 0 Å². The van der Waals surface area contributed by atoms with Crippen molar-refractivity contribution >= 4 is 23.7 Å². The van der Waals surface area contributed by atoms with Crippen LogP contribution in [0.25, 0.3) is 11.1 Å². The summed E-state index contributed by atoms with van der Waals surface area (Å²) in [6.07, 6.45) is 2.41. The van der Waals surface area contributed by atoms with Gasteiger partial charge in [-0.1, -0.05) is 48.5 Å². The molecule has 3 aromatic rings. The maximum atomic E-state index is 12.9. The highest BCUT2D eigenvalue weighted by Gasteiger charge is 2.42. The molecule has 1 aromatic heterocycles. The number of aliphatic carboxylic acids is 1. The van der Waals surface area contributed by atoms with E-state index in [1.165, 1.54) is 15.8 Å². The number of carbonyl (C=O) groups excluding carboxylic acids is 2. The van der Waals surface area contributed by atoms with Crippen LogP contribution in [-0.4, -0.2) is 57.5 Å². The van der Waals surface area contributed by atoms with Gasteiger partial charge >= 0.3 is 12.1 Å². The predicted molar refractivity (Wildman–Crippen MR) is 128 cm³/mol. The van der Waals surface area contributed by atoms with Crippen LogP contribution < -0.4 is 5.32 Å². The Morgan fingerprint density at radius 1 is 1.06 bits per heavy atom. The second kappa shape index (κ2) is 8.57. The fourth-order valence-corrected chi connectivity index (χ4v) is 4.73. The fraction of sp³-hybridized carbons (Fsp3) is 0.308. The molecule has 35 heavy (non-hydrogen) atoms. The standard InChI is InChI=1S/C26H26N4O5/c1-26(2,24(33)29-12-16(13-29)23(31)32)30-14-17(11-27-30)28-25(34)35-15-22-20-9-5-3-7-18(20)19-8-4-6-10-21(19)22/h3-11,14,16,22H,12-13,15H2,1-2H3,(H,28,34)(H,31,32). The van der Waals surface area contributed by atoms with Crippen LogP contribution in [0.4, 0.5) is 10.5 Å². The number of rotatable bonds is 6. The number of fused-ring (bicyclic) bond motifs is 3. The molecule has 1 aliphatic heterocycles. The summed E-state index contributed by atoms with van der Waals surface area (Å²) < 4.78 is 7.03. The van der Waals surface area contributed by atoms with E-state index in [1.54, 1.807) is 20.0 Å². The molecule has 2 amide bonds.